The van der Waals surface area contributed by atoms with Crippen molar-refractivity contribution in [2.24, 2.45) is 5.73 Å². The van der Waals surface area contributed by atoms with Gasteiger partial charge in [-0.15, -0.1) is 0 Å². The second-order valence-electron chi connectivity index (χ2n) is 3.11. The van der Waals surface area contributed by atoms with Crippen molar-refractivity contribution in [2.75, 3.05) is 6.54 Å². The third-order valence-corrected chi connectivity index (χ3v) is 1.78. The molecule has 12 heavy (non-hydrogen) atoms. The minimum atomic E-state index is 0.633. The smallest absolute Gasteiger partial charge is 0.0137 e. The van der Waals surface area contributed by atoms with E-state index in [1.807, 2.05) is 6.92 Å². The van der Waals surface area contributed by atoms with Crippen LogP contribution in [0.25, 0.3) is 6.08 Å². The van der Waals surface area contributed by atoms with Crippen molar-refractivity contribution in [3.05, 3.63) is 41.0 Å². The fourth-order valence-corrected chi connectivity index (χ4v) is 1.10. The van der Waals surface area contributed by atoms with E-state index in [2.05, 4.69) is 37.3 Å². The molecule has 0 saturated heterocycles. The molecule has 0 aliphatic rings. The summed E-state index contributed by atoms with van der Waals surface area (Å²) in [7, 11) is 0. The lowest BCUT2D eigenvalue weighted by molar-refractivity contribution is 1.15. The molecule has 0 amide bonds. The standard InChI is InChI=1S/C11H15N/c1-9-4-3-5-11(6-9)7-10(2)8-12/h3-7H,8,12H2,1-2H3. The molecule has 0 aromatic heterocycles. The highest BCUT2D eigenvalue weighted by molar-refractivity contribution is 5.53. The van der Waals surface area contributed by atoms with Crippen LogP contribution in [-0.2, 0) is 0 Å². The van der Waals surface area contributed by atoms with E-state index in [1.165, 1.54) is 16.7 Å². The van der Waals surface area contributed by atoms with Gasteiger partial charge in [0.2, 0.25) is 0 Å². The van der Waals surface area contributed by atoms with E-state index < -0.39 is 0 Å². The fraction of sp³-hybridized carbons (Fsp3) is 0.273. The molecule has 0 unspecified atom stereocenters. The number of benzene rings is 1. The minimum Gasteiger partial charge on any atom is -0.327 e. The molecule has 1 heteroatoms. The highest BCUT2D eigenvalue weighted by atomic mass is 14.5. The highest BCUT2D eigenvalue weighted by Crippen LogP contribution is 2.07. The van der Waals surface area contributed by atoms with Gasteiger partial charge in [0, 0.05) is 6.54 Å². The Kier molecular flexibility index (Phi) is 3.06. The molecule has 64 valence electrons. The average Bonchev–Trinajstić information content (AvgIpc) is 2.04. The Bertz CT molecular complexity index is 287. The van der Waals surface area contributed by atoms with Gasteiger partial charge in [-0.2, -0.15) is 0 Å². The summed E-state index contributed by atoms with van der Waals surface area (Å²) in [5.74, 6) is 0. The van der Waals surface area contributed by atoms with Crippen LogP contribution >= 0.6 is 0 Å². The van der Waals surface area contributed by atoms with Gasteiger partial charge in [-0.3, -0.25) is 0 Å². The molecule has 0 radical (unpaired) electrons. The van der Waals surface area contributed by atoms with Gasteiger partial charge in [0.25, 0.3) is 0 Å². The van der Waals surface area contributed by atoms with Gasteiger partial charge < -0.3 is 5.73 Å². The molecular weight excluding hydrogens is 146 g/mol. The Morgan fingerprint density at radius 2 is 2.25 bits per heavy atom. The summed E-state index contributed by atoms with van der Waals surface area (Å²) in [6.07, 6.45) is 2.12. The molecule has 1 aromatic rings. The summed E-state index contributed by atoms with van der Waals surface area (Å²) < 4.78 is 0. The quantitative estimate of drug-likeness (QED) is 0.708. The lowest BCUT2D eigenvalue weighted by atomic mass is 10.1. The molecule has 1 aromatic carbocycles. The molecule has 1 nitrogen and oxygen atoms in total. The van der Waals surface area contributed by atoms with E-state index in [0.717, 1.165) is 0 Å². The summed E-state index contributed by atoms with van der Waals surface area (Å²) in [6, 6.07) is 8.39. The lowest BCUT2D eigenvalue weighted by Crippen LogP contribution is -1.99. The van der Waals surface area contributed by atoms with Gasteiger partial charge in [0.05, 0.1) is 0 Å². The number of aryl methyl sites for hydroxylation is 1. The van der Waals surface area contributed by atoms with Crippen molar-refractivity contribution >= 4 is 6.08 Å². The van der Waals surface area contributed by atoms with Crippen LogP contribution in [-0.4, -0.2) is 6.54 Å². The number of hydrogen-bond donors (Lipinski definition) is 1. The minimum absolute atomic E-state index is 0.633. The number of rotatable bonds is 2. The number of nitrogens with two attached hydrogens (primary N) is 1. The predicted molar refractivity (Wildman–Crippen MR) is 53.9 cm³/mol. The second kappa shape index (κ2) is 4.07. The fourth-order valence-electron chi connectivity index (χ4n) is 1.10. The summed E-state index contributed by atoms with van der Waals surface area (Å²) in [4.78, 5) is 0. The first-order chi connectivity index (χ1) is 5.72. The molecule has 0 fully saturated rings. The SMILES string of the molecule is CC(=Cc1cccc(C)c1)CN. The first-order valence-corrected chi connectivity index (χ1v) is 4.16. The maximum atomic E-state index is 5.49. The Morgan fingerprint density at radius 1 is 1.50 bits per heavy atom. The van der Waals surface area contributed by atoms with Crippen LogP contribution in [0.5, 0.6) is 0 Å². The molecule has 0 aliphatic carbocycles. The van der Waals surface area contributed by atoms with Crippen LogP contribution in [0.15, 0.2) is 29.8 Å². The van der Waals surface area contributed by atoms with Gasteiger partial charge in [0.15, 0.2) is 0 Å². The van der Waals surface area contributed by atoms with Crippen molar-refractivity contribution in [1.29, 1.82) is 0 Å². The molecule has 0 heterocycles. The highest BCUT2D eigenvalue weighted by Gasteiger charge is 1.89. The predicted octanol–water partition coefficient (Wildman–Crippen LogP) is 2.36. The molecule has 0 aliphatic heterocycles. The maximum Gasteiger partial charge on any atom is 0.0137 e. The van der Waals surface area contributed by atoms with E-state index in [4.69, 9.17) is 5.73 Å². The second-order valence-corrected chi connectivity index (χ2v) is 3.11. The van der Waals surface area contributed by atoms with Crippen molar-refractivity contribution < 1.29 is 0 Å². The van der Waals surface area contributed by atoms with Crippen molar-refractivity contribution in [1.82, 2.24) is 0 Å². The monoisotopic (exact) mass is 161 g/mol. The molecular formula is C11H15N. The first-order valence-electron chi connectivity index (χ1n) is 4.16. The van der Waals surface area contributed by atoms with Crippen LogP contribution in [0.1, 0.15) is 18.1 Å². The zero-order valence-corrected chi connectivity index (χ0v) is 7.67. The normalized spacial score (nSPS) is 11.8. The van der Waals surface area contributed by atoms with Gasteiger partial charge in [-0.25, -0.2) is 0 Å². The largest absolute Gasteiger partial charge is 0.327 e. The molecule has 0 spiro atoms. The third-order valence-electron chi connectivity index (χ3n) is 1.78. The van der Waals surface area contributed by atoms with Crippen molar-refractivity contribution in [3.8, 4) is 0 Å². The van der Waals surface area contributed by atoms with E-state index in [1.54, 1.807) is 0 Å². The van der Waals surface area contributed by atoms with Gasteiger partial charge in [-0.05, 0) is 19.4 Å². The first kappa shape index (κ1) is 9.01. The van der Waals surface area contributed by atoms with Crippen molar-refractivity contribution in [2.45, 2.75) is 13.8 Å². The Hall–Kier alpha value is -1.08. The zero-order valence-electron chi connectivity index (χ0n) is 7.67. The van der Waals surface area contributed by atoms with Crippen LogP contribution in [0.2, 0.25) is 0 Å². The molecule has 2 N–H and O–H groups in total. The van der Waals surface area contributed by atoms with Crippen molar-refractivity contribution in [3.63, 3.8) is 0 Å². The summed E-state index contributed by atoms with van der Waals surface area (Å²) in [5.41, 5.74) is 9.22. The van der Waals surface area contributed by atoms with Crippen LogP contribution in [0.3, 0.4) is 0 Å². The molecule has 0 atom stereocenters. The van der Waals surface area contributed by atoms with E-state index in [-0.39, 0.29) is 0 Å². The summed E-state index contributed by atoms with van der Waals surface area (Å²) in [6.45, 7) is 4.77. The van der Waals surface area contributed by atoms with Gasteiger partial charge in [0.1, 0.15) is 0 Å². The summed E-state index contributed by atoms with van der Waals surface area (Å²) >= 11 is 0. The molecule has 0 saturated carbocycles. The van der Waals surface area contributed by atoms with Gasteiger partial charge in [-0.1, -0.05) is 41.5 Å². The Morgan fingerprint density at radius 3 is 2.83 bits per heavy atom. The topological polar surface area (TPSA) is 26.0 Å². The van der Waals surface area contributed by atoms with Crippen LogP contribution in [0.4, 0.5) is 0 Å². The van der Waals surface area contributed by atoms with Crippen LogP contribution < -0.4 is 5.73 Å². The van der Waals surface area contributed by atoms with Gasteiger partial charge >= 0.3 is 0 Å². The van der Waals surface area contributed by atoms with E-state index >= 15 is 0 Å². The third kappa shape index (κ3) is 2.51. The zero-order chi connectivity index (χ0) is 8.97. The Balaban J connectivity index is 2.89. The average molecular weight is 161 g/mol. The summed E-state index contributed by atoms with van der Waals surface area (Å²) in [5, 5.41) is 0. The maximum absolute atomic E-state index is 5.49. The van der Waals surface area contributed by atoms with E-state index in [9.17, 15) is 0 Å². The van der Waals surface area contributed by atoms with E-state index in [0.29, 0.717) is 6.54 Å². The molecule has 1 rings (SSSR count). The Labute approximate surface area is 73.9 Å². The lowest BCUT2D eigenvalue weighted by Gasteiger charge is -1.98. The van der Waals surface area contributed by atoms with Crippen LogP contribution in [0, 0.1) is 6.92 Å². The molecule has 0 bridgehead atoms. The number of hydrogen-bond acceptors (Lipinski definition) is 1.